The Morgan fingerprint density at radius 2 is 2.00 bits per heavy atom. The normalized spacial score (nSPS) is 12.6. The van der Waals surface area contributed by atoms with Crippen molar-refractivity contribution in [1.29, 1.82) is 0 Å². The van der Waals surface area contributed by atoms with Crippen molar-refractivity contribution in [2.45, 2.75) is 26.3 Å². The minimum atomic E-state index is 0.332. The van der Waals surface area contributed by atoms with E-state index in [-0.39, 0.29) is 0 Å². The van der Waals surface area contributed by atoms with Gasteiger partial charge in [0.1, 0.15) is 0 Å². The van der Waals surface area contributed by atoms with Crippen LogP contribution in [0.4, 0.5) is 0 Å². The number of nitrogens with zero attached hydrogens (tertiary/aromatic N) is 2. The second kappa shape index (κ2) is 6.52. The Labute approximate surface area is 128 Å². The van der Waals surface area contributed by atoms with Crippen LogP contribution in [0.3, 0.4) is 0 Å². The van der Waals surface area contributed by atoms with Gasteiger partial charge in [-0.3, -0.25) is 4.68 Å². The Bertz CT molecular complexity index is 531. The number of likely N-dealkylation sites (N-methyl/N-ethyl adjacent to an activating group) is 1. The Kier molecular flexibility index (Phi) is 4.99. The molecule has 0 aliphatic carbocycles. The minimum absolute atomic E-state index is 0.332. The van der Waals surface area contributed by atoms with Gasteiger partial charge in [0.05, 0.1) is 5.69 Å². The molecule has 0 saturated carbocycles. The summed E-state index contributed by atoms with van der Waals surface area (Å²) < 4.78 is 3.17. The monoisotopic (exact) mass is 369 g/mol. The highest BCUT2D eigenvalue weighted by Gasteiger charge is 2.16. The Balaban J connectivity index is 2.20. The summed E-state index contributed by atoms with van der Waals surface area (Å²) in [7, 11) is 1.98. The molecule has 0 radical (unpaired) electrons. The molecule has 4 heteroatoms. The molecule has 1 aromatic carbocycles. The van der Waals surface area contributed by atoms with Crippen molar-refractivity contribution < 1.29 is 0 Å². The largest absolute Gasteiger partial charge is 0.310 e. The van der Waals surface area contributed by atoms with Crippen LogP contribution in [0.2, 0.25) is 0 Å². The highest BCUT2D eigenvalue weighted by atomic mass is 127. The van der Waals surface area contributed by atoms with E-state index in [0.717, 1.165) is 18.7 Å². The highest BCUT2D eigenvalue weighted by Crippen LogP contribution is 2.21. The molecule has 1 aromatic heterocycles. The fourth-order valence-electron chi connectivity index (χ4n) is 2.35. The van der Waals surface area contributed by atoms with Gasteiger partial charge in [-0.15, -0.1) is 0 Å². The fraction of sp³-hybridized carbons (Fsp3) is 0.400. The number of aryl methyl sites for hydroxylation is 2. The van der Waals surface area contributed by atoms with Crippen molar-refractivity contribution in [3.8, 4) is 0 Å². The number of hydrogen-bond acceptors (Lipinski definition) is 2. The van der Waals surface area contributed by atoms with Crippen molar-refractivity contribution in [2.75, 3.05) is 6.54 Å². The highest BCUT2D eigenvalue weighted by molar-refractivity contribution is 14.1. The maximum atomic E-state index is 4.45. The van der Waals surface area contributed by atoms with Crippen LogP contribution in [0.25, 0.3) is 0 Å². The predicted octanol–water partition coefficient (Wildman–Crippen LogP) is 3.23. The standard InChI is InChI=1S/C15H20IN3/c1-4-17-15(14-10-19(3)18-11(14)2)9-12-5-7-13(16)8-6-12/h5-8,10,15,17H,4,9H2,1-3H3. The summed E-state index contributed by atoms with van der Waals surface area (Å²) in [5.41, 5.74) is 3.76. The maximum absolute atomic E-state index is 4.45. The zero-order valence-corrected chi connectivity index (χ0v) is 13.8. The van der Waals surface area contributed by atoms with E-state index < -0.39 is 0 Å². The first-order chi connectivity index (χ1) is 9.10. The zero-order valence-electron chi connectivity index (χ0n) is 11.7. The van der Waals surface area contributed by atoms with E-state index in [0.29, 0.717) is 6.04 Å². The minimum Gasteiger partial charge on any atom is -0.310 e. The average Bonchev–Trinajstić information content (AvgIpc) is 2.71. The van der Waals surface area contributed by atoms with Crippen LogP contribution in [-0.4, -0.2) is 16.3 Å². The SMILES string of the molecule is CCNC(Cc1ccc(I)cc1)c1cn(C)nc1C. The van der Waals surface area contributed by atoms with E-state index in [1.807, 2.05) is 11.7 Å². The Morgan fingerprint density at radius 3 is 2.53 bits per heavy atom. The molecule has 2 aromatic rings. The second-order valence-corrected chi connectivity index (χ2v) is 6.03. The number of benzene rings is 1. The second-order valence-electron chi connectivity index (χ2n) is 4.78. The van der Waals surface area contributed by atoms with Gasteiger partial charge in [0.15, 0.2) is 0 Å². The molecule has 0 amide bonds. The van der Waals surface area contributed by atoms with Gasteiger partial charge in [0.2, 0.25) is 0 Å². The van der Waals surface area contributed by atoms with Crippen LogP contribution in [0.5, 0.6) is 0 Å². The van der Waals surface area contributed by atoms with Gasteiger partial charge in [-0.05, 0) is 60.2 Å². The lowest BCUT2D eigenvalue weighted by Crippen LogP contribution is -2.23. The molecule has 0 fully saturated rings. The van der Waals surface area contributed by atoms with Gasteiger partial charge in [-0.2, -0.15) is 5.10 Å². The number of halogens is 1. The molecule has 0 saturated heterocycles. The van der Waals surface area contributed by atoms with E-state index >= 15 is 0 Å². The molecule has 3 nitrogen and oxygen atoms in total. The van der Waals surface area contributed by atoms with Gasteiger partial charge in [-0.25, -0.2) is 0 Å². The van der Waals surface area contributed by atoms with E-state index in [9.17, 15) is 0 Å². The lowest BCUT2D eigenvalue weighted by atomic mass is 9.99. The van der Waals surface area contributed by atoms with Gasteiger partial charge >= 0.3 is 0 Å². The van der Waals surface area contributed by atoms with Crippen molar-refractivity contribution in [3.63, 3.8) is 0 Å². The topological polar surface area (TPSA) is 29.9 Å². The van der Waals surface area contributed by atoms with Crippen molar-refractivity contribution in [3.05, 3.63) is 50.9 Å². The van der Waals surface area contributed by atoms with Crippen molar-refractivity contribution in [2.24, 2.45) is 7.05 Å². The number of rotatable bonds is 5. The van der Waals surface area contributed by atoms with Gasteiger partial charge < -0.3 is 5.32 Å². The summed E-state index contributed by atoms with van der Waals surface area (Å²) in [6.07, 6.45) is 3.12. The first-order valence-electron chi connectivity index (χ1n) is 6.58. The molecule has 0 bridgehead atoms. The third kappa shape index (κ3) is 3.79. The van der Waals surface area contributed by atoms with Crippen LogP contribution in [-0.2, 0) is 13.5 Å². The molecule has 1 atom stereocenters. The third-order valence-corrected chi connectivity index (χ3v) is 3.95. The van der Waals surface area contributed by atoms with Crippen LogP contribution in [0.1, 0.15) is 29.8 Å². The fourth-order valence-corrected chi connectivity index (χ4v) is 2.71. The summed E-state index contributed by atoms with van der Waals surface area (Å²) in [4.78, 5) is 0. The average molecular weight is 369 g/mol. The van der Waals surface area contributed by atoms with Crippen molar-refractivity contribution in [1.82, 2.24) is 15.1 Å². The van der Waals surface area contributed by atoms with Gasteiger partial charge in [0, 0.05) is 28.4 Å². The summed E-state index contributed by atoms with van der Waals surface area (Å²) >= 11 is 2.34. The molecule has 0 aliphatic rings. The van der Waals surface area contributed by atoms with Crippen LogP contribution in [0, 0.1) is 10.5 Å². The van der Waals surface area contributed by atoms with Crippen LogP contribution in [0.15, 0.2) is 30.5 Å². The maximum Gasteiger partial charge on any atom is 0.0641 e. The zero-order chi connectivity index (χ0) is 13.8. The quantitative estimate of drug-likeness (QED) is 0.821. The lowest BCUT2D eigenvalue weighted by molar-refractivity contribution is 0.547. The number of nitrogens with one attached hydrogen (secondary N) is 1. The smallest absolute Gasteiger partial charge is 0.0641 e. The number of aromatic nitrogens is 2. The summed E-state index contributed by atoms with van der Waals surface area (Å²) in [5.74, 6) is 0. The molecular formula is C15H20IN3. The summed E-state index contributed by atoms with van der Waals surface area (Å²) in [6, 6.07) is 9.07. The van der Waals surface area contributed by atoms with Crippen LogP contribution >= 0.6 is 22.6 Å². The molecule has 19 heavy (non-hydrogen) atoms. The Morgan fingerprint density at radius 1 is 1.32 bits per heavy atom. The van der Waals surface area contributed by atoms with Crippen molar-refractivity contribution >= 4 is 22.6 Å². The molecule has 0 spiro atoms. The van der Waals surface area contributed by atoms with E-state index in [4.69, 9.17) is 0 Å². The van der Waals surface area contributed by atoms with E-state index in [2.05, 4.69) is 77.3 Å². The third-order valence-electron chi connectivity index (χ3n) is 3.23. The van der Waals surface area contributed by atoms with E-state index in [1.54, 1.807) is 0 Å². The number of hydrogen-bond donors (Lipinski definition) is 1. The lowest BCUT2D eigenvalue weighted by Gasteiger charge is -2.17. The molecule has 1 heterocycles. The molecule has 2 rings (SSSR count). The Hall–Kier alpha value is -0.880. The molecule has 1 N–H and O–H groups in total. The van der Waals surface area contributed by atoms with E-state index in [1.165, 1.54) is 14.7 Å². The van der Waals surface area contributed by atoms with Gasteiger partial charge in [0.25, 0.3) is 0 Å². The van der Waals surface area contributed by atoms with Crippen LogP contribution < -0.4 is 5.32 Å². The predicted molar refractivity (Wildman–Crippen MR) is 87.2 cm³/mol. The summed E-state index contributed by atoms with van der Waals surface area (Å²) in [5, 5.41) is 8.01. The first kappa shape index (κ1) is 14.5. The van der Waals surface area contributed by atoms with Gasteiger partial charge in [-0.1, -0.05) is 19.1 Å². The molecule has 102 valence electrons. The molecule has 0 aliphatic heterocycles. The molecular weight excluding hydrogens is 349 g/mol. The molecule has 1 unspecified atom stereocenters. The summed E-state index contributed by atoms with van der Waals surface area (Å²) in [6.45, 7) is 5.18. The first-order valence-corrected chi connectivity index (χ1v) is 7.66.